The van der Waals surface area contributed by atoms with Crippen LogP contribution in [0.1, 0.15) is 46.5 Å². The van der Waals surface area contributed by atoms with Gasteiger partial charge in [0.15, 0.2) is 0 Å². The Morgan fingerprint density at radius 2 is 2.22 bits per heavy atom. The van der Waals surface area contributed by atoms with E-state index in [4.69, 9.17) is 4.74 Å². The molecule has 1 aliphatic rings. The zero-order chi connectivity index (χ0) is 13.4. The van der Waals surface area contributed by atoms with Crippen molar-refractivity contribution in [2.45, 2.75) is 58.6 Å². The molecule has 1 rings (SSSR count). The van der Waals surface area contributed by atoms with Crippen LogP contribution in [0.3, 0.4) is 0 Å². The normalized spacial score (nSPS) is 20.1. The Hall–Kier alpha value is -0.610. The molecule has 1 N–H and O–H groups in total. The molecule has 1 aliphatic heterocycles. The number of hydrogen-bond acceptors (Lipinski definition) is 3. The van der Waals surface area contributed by atoms with Gasteiger partial charge in [0, 0.05) is 25.7 Å². The van der Waals surface area contributed by atoms with Crippen LogP contribution in [-0.2, 0) is 9.53 Å². The van der Waals surface area contributed by atoms with Crippen molar-refractivity contribution in [3.63, 3.8) is 0 Å². The lowest BCUT2D eigenvalue weighted by Crippen LogP contribution is -2.44. The van der Waals surface area contributed by atoms with Gasteiger partial charge in [-0.25, -0.2) is 0 Å². The average molecular weight is 256 g/mol. The Kier molecular flexibility index (Phi) is 7.28. The summed E-state index contributed by atoms with van der Waals surface area (Å²) in [5.41, 5.74) is 0. The Morgan fingerprint density at radius 3 is 2.78 bits per heavy atom. The van der Waals surface area contributed by atoms with Crippen molar-refractivity contribution in [2.75, 3.05) is 26.2 Å². The number of unbranched alkanes of at least 4 members (excludes halogenated alkanes) is 2. The maximum atomic E-state index is 12.3. The van der Waals surface area contributed by atoms with Gasteiger partial charge in [-0.05, 0) is 20.3 Å². The lowest BCUT2D eigenvalue weighted by atomic mass is 10.1. The molecule has 106 valence electrons. The topological polar surface area (TPSA) is 41.6 Å². The zero-order valence-corrected chi connectivity index (χ0v) is 12.1. The van der Waals surface area contributed by atoms with Gasteiger partial charge < -0.3 is 15.0 Å². The highest BCUT2D eigenvalue weighted by Gasteiger charge is 2.22. The van der Waals surface area contributed by atoms with E-state index in [0.717, 1.165) is 32.7 Å². The van der Waals surface area contributed by atoms with Gasteiger partial charge in [0.1, 0.15) is 0 Å². The van der Waals surface area contributed by atoms with E-state index in [1.807, 2.05) is 4.90 Å². The number of hydrogen-bond donors (Lipinski definition) is 1. The molecule has 4 nitrogen and oxygen atoms in total. The van der Waals surface area contributed by atoms with Crippen LogP contribution in [0.25, 0.3) is 0 Å². The number of carbonyl (C=O) groups excluding carboxylic acids is 1. The minimum Gasteiger partial charge on any atom is -0.375 e. The first kappa shape index (κ1) is 15.4. The number of nitrogens with zero attached hydrogens (tertiary/aromatic N) is 1. The fraction of sp³-hybridized carbons (Fsp3) is 0.929. The highest BCUT2D eigenvalue weighted by atomic mass is 16.5. The molecule has 18 heavy (non-hydrogen) atoms. The SMILES string of the molecule is CCCCCN(C(=O)CC1CNCCO1)C(C)C. The van der Waals surface area contributed by atoms with Gasteiger partial charge >= 0.3 is 0 Å². The highest BCUT2D eigenvalue weighted by Crippen LogP contribution is 2.10. The minimum atomic E-state index is 0.0543. The largest absolute Gasteiger partial charge is 0.375 e. The first-order valence-corrected chi connectivity index (χ1v) is 7.27. The maximum absolute atomic E-state index is 12.3. The molecule has 4 heteroatoms. The summed E-state index contributed by atoms with van der Waals surface area (Å²) < 4.78 is 5.59. The number of ether oxygens (including phenoxy) is 1. The summed E-state index contributed by atoms with van der Waals surface area (Å²) in [5.74, 6) is 0.231. The summed E-state index contributed by atoms with van der Waals surface area (Å²) in [6.45, 7) is 9.65. The van der Waals surface area contributed by atoms with Gasteiger partial charge in [0.05, 0.1) is 19.1 Å². The van der Waals surface area contributed by atoms with Gasteiger partial charge in [-0.3, -0.25) is 4.79 Å². The number of nitrogens with one attached hydrogen (secondary N) is 1. The average Bonchev–Trinajstić information content (AvgIpc) is 2.35. The van der Waals surface area contributed by atoms with E-state index in [1.165, 1.54) is 12.8 Å². The summed E-state index contributed by atoms with van der Waals surface area (Å²) in [6.07, 6.45) is 4.05. The molecule has 1 atom stereocenters. The minimum absolute atomic E-state index is 0.0543. The van der Waals surface area contributed by atoms with Crippen LogP contribution in [0.2, 0.25) is 0 Å². The summed E-state index contributed by atoms with van der Waals surface area (Å²) in [5, 5.41) is 3.26. The first-order chi connectivity index (χ1) is 8.65. The second-order valence-corrected chi connectivity index (χ2v) is 5.29. The van der Waals surface area contributed by atoms with E-state index in [1.54, 1.807) is 0 Å². The van der Waals surface area contributed by atoms with Crippen LogP contribution in [-0.4, -0.2) is 49.2 Å². The van der Waals surface area contributed by atoms with Crippen molar-refractivity contribution in [1.82, 2.24) is 10.2 Å². The molecule has 0 bridgehead atoms. The number of morpholine rings is 1. The first-order valence-electron chi connectivity index (χ1n) is 7.27. The van der Waals surface area contributed by atoms with Crippen molar-refractivity contribution < 1.29 is 9.53 Å². The monoisotopic (exact) mass is 256 g/mol. The highest BCUT2D eigenvalue weighted by molar-refractivity contribution is 5.77. The molecule has 0 radical (unpaired) electrons. The summed E-state index contributed by atoms with van der Waals surface area (Å²) in [7, 11) is 0. The fourth-order valence-corrected chi connectivity index (χ4v) is 2.27. The van der Waals surface area contributed by atoms with Gasteiger partial charge in [-0.2, -0.15) is 0 Å². The molecule has 1 unspecified atom stereocenters. The van der Waals surface area contributed by atoms with E-state index < -0.39 is 0 Å². The van der Waals surface area contributed by atoms with E-state index >= 15 is 0 Å². The molecule has 0 aromatic heterocycles. The molecule has 0 aromatic carbocycles. The quantitative estimate of drug-likeness (QED) is 0.706. The van der Waals surface area contributed by atoms with E-state index in [2.05, 4.69) is 26.1 Å². The Morgan fingerprint density at radius 1 is 1.44 bits per heavy atom. The summed E-state index contributed by atoms with van der Waals surface area (Å²) in [4.78, 5) is 14.3. The van der Waals surface area contributed by atoms with Gasteiger partial charge in [0.2, 0.25) is 5.91 Å². The fourth-order valence-electron chi connectivity index (χ4n) is 2.27. The molecular weight excluding hydrogens is 228 g/mol. The van der Waals surface area contributed by atoms with Crippen LogP contribution >= 0.6 is 0 Å². The molecule has 0 saturated carbocycles. The molecule has 1 heterocycles. The number of carbonyl (C=O) groups is 1. The van der Waals surface area contributed by atoms with Gasteiger partial charge in [0.25, 0.3) is 0 Å². The van der Waals surface area contributed by atoms with E-state index in [-0.39, 0.29) is 18.1 Å². The predicted molar refractivity (Wildman–Crippen MR) is 73.6 cm³/mol. The van der Waals surface area contributed by atoms with Crippen molar-refractivity contribution in [3.05, 3.63) is 0 Å². The van der Waals surface area contributed by atoms with Crippen LogP contribution in [0.4, 0.5) is 0 Å². The lowest BCUT2D eigenvalue weighted by Gasteiger charge is -2.30. The van der Waals surface area contributed by atoms with Crippen molar-refractivity contribution in [2.24, 2.45) is 0 Å². The van der Waals surface area contributed by atoms with Crippen molar-refractivity contribution in [1.29, 1.82) is 0 Å². The van der Waals surface area contributed by atoms with Crippen LogP contribution in [0.15, 0.2) is 0 Å². The molecule has 1 fully saturated rings. The third-order valence-electron chi connectivity index (χ3n) is 3.35. The summed E-state index contributed by atoms with van der Waals surface area (Å²) in [6, 6.07) is 0.283. The molecule has 0 aromatic rings. The third kappa shape index (κ3) is 5.36. The Bertz CT molecular complexity index is 238. The number of amides is 1. The Labute approximate surface area is 111 Å². The maximum Gasteiger partial charge on any atom is 0.225 e. The van der Waals surface area contributed by atoms with Gasteiger partial charge in [-0.15, -0.1) is 0 Å². The predicted octanol–water partition coefficient (Wildman–Crippen LogP) is 1.79. The van der Waals surface area contributed by atoms with Crippen LogP contribution in [0, 0.1) is 0 Å². The second-order valence-electron chi connectivity index (χ2n) is 5.29. The molecular formula is C14H28N2O2. The smallest absolute Gasteiger partial charge is 0.225 e. The molecule has 0 spiro atoms. The van der Waals surface area contributed by atoms with Crippen molar-refractivity contribution in [3.8, 4) is 0 Å². The number of rotatable bonds is 7. The zero-order valence-electron chi connectivity index (χ0n) is 12.1. The standard InChI is InChI=1S/C14H28N2O2/c1-4-5-6-8-16(12(2)3)14(17)10-13-11-15-7-9-18-13/h12-13,15H,4-11H2,1-3H3. The molecule has 0 aliphatic carbocycles. The van der Waals surface area contributed by atoms with Crippen LogP contribution < -0.4 is 5.32 Å². The second kappa shape index (κ2) is 8.48. The summed E-state index contributed by atoms with van der Waals surface area (Å²) >= 11 is 0. The van der Waals surface area contributed by atoms with E-state index in [0.29, 0.717) is 6.42 Å². The lowest BCUT2D eigenvalue weighted by molar-refractivity contribution is -0.136. The van der Waals surface area contributed by atoms with Crippen molar-refractivity contribution >= 4 is 5.91 Å². The van der Waals surface area contributed by atoms with Gasteiger partial charge in [-0.1, -0.05) is 19.8 Å². The van der Waals surface area contributed by atoms with E-state index in [9.17, 15) is 4.79 Å². The van der Waals surface area contributed by atoms with Crippen LogP contribution in [0.5, 0.6) is 0 Å². The third-order valence-corrected chi connectivity index (χ3v) is 3.35. The Balaban J connectivity index is 2.37. The molecule has 1 saturated heterocycles. The molecule has 1 amide bonds.